The number of nitrogens with zero attached hydrogens (tertiary/aromatic N) is 3. The minimum absolute atomic E-state index is 0.418. The van der Waals surface area contributed by atoms with Crippen molar-refractivity contribution < 1.29 is 0 Å². The molecule has 20 heavy (non-hydrogen) atoms. The van der Waals surface area contributed by atoms with Gasteiger partial charge in [0.15, 0.2) is 0 Å². The van der Waals surface area contributed by atoms with E-state index in [0.717, 1.165) is 37.4 Å². The van der Waals surface area contributed by atoms with E-state index in [1.165, 1.54) is 11.1 Å². The van der Waals surface area contributed by atoms with Crippen LogP contribution in [-0.4, -0.2) is 21.2 Å². The molecule has 0 saturated heterocycles. The van der Waals surface area contributed by atoms with Crippen LogP contribution >= 0.6 is 0 Å². The van der Waals surface area contributed by atoms with Gasteiger partial charge in [-0.1, -0.05) is 12.1 Å². The van der Waals surface area contributed by atoms with E-state index in [1.807, 2.05) is 16.8 Å². The van der Waals surface area contributed by atoms with Gasteiger partial charge in [-0.25, -0.2) is 0 Å². The molecule has 2 N–H and O–H groups in total. The van der Waals surface area contributed by atoms with Gasteiger partial charge >= 0.3 is 0 Å². The molecule has 0 aliphatic carbocycles. The zero-order valence-electron chi connectivity index (χ0n) is 12.2. The Kier molecular flexibility index (Phi) is 3.49. The number of benzene rings is 1. The predicted molar refractivity (Wildman–Crippen MR) is 81.3 cm³/mol. The molecule has 0 radical (unpaired) electrons. The molecule has 0 unspecified atom stereocenters. The number of nitrogen functional groups attached to an aromatic ring is 1. The standard InChI is InChI=1S/C16H22N4/c1-12(2)20-9-7-14(18-20)10-19-8-6-13-4-3-5-16(17)15(13)11-19/h3-5,7,9,12H,6,8,10-11,17H2,1-2H3. The summed E-state index contributed by atoms with van der Waals surface area (Å²) >= 11 is 0. The summed E-state index contributed by atoms with van der Waals surface area (Å²) < 4.78 is 2.02. The maximum Gasteiger partial charge on any atom is 0.0765 e. The zero-order valence-corrected chi connectivity index (χ0v) is 12.2. The summed E-state index contributed by atoms with van der Waals surface area (Å²) in [7, 11) is 0. The molecule has 0 saturated carbocycles. The largest absolute Gasteiger partial charge is 0.398 e. The second-order valence-corrected chi connectivity index (χ2v) is 5.83. The van der Waals surface area contributed by atoms with E-state index in [9.17, 15) is 0 Å². The molecule has 2 aromatic rings. The van der Waals surface area contributed by atoms with Gasteiger partial charge in [-0.2, -0.15) is 5.10 Å². The van der Waals surface area contributed by atoms with Gasteiger partial charge in [0.05, 0.1) is 5.69 Å². The summed E-state index contributed by atoms with van der Waals surface area (Å²) in [5.41, 5.74) is 10.8. The van der Waals surface area contributed by atoms with Gasteiger partial charge in [-0.15, -0.1) is 0 Å². The summed E-state index contributed by atoms with van der Waals surface area (Å²) in [4.78, 5) is 2.42. The summed E-state index contributed by atoms with van der Waals surface area (Å²) in [6, 6.07) is 8.77. The van der Waals surface area contributed by atoms with Crippen LogP contribution in [0.2, 0.25) is 0 Å². The maximum absolute atomic E-state index is 6.09. The van der Waals surface area contributed by atoms with Gasteiger partial charge in [-0.05, 0) is 43.5 Å². The highest BCUT2D eigenvalue weighted by atomic mass is 15.3. The third kappa shape index (κ3) is 2.56. The average Bonchev–Trinajstić information content (AvgIpc) is 2.88. The van der Waals surface area contributed by atoms with E-state index in [-0.39, 0.29) is 0 Å². The third-order valence-electron chi connectivity index (χ3n) is 3.97. The molecule has 106 valence electrons. The molecule has 3 rings (SSSR count). The van der Waals surface area contributed by atoms with Crippen molar-refractivity contribution in [3.8, 4) is 0 Å². The van der Waals surface area contributed by atoms with Crippen LogP contribution in [0.25, 0.3) is 0 Å². The monoisotopic (exact) mass is 270 g/mol. The summed E-state index contributed by atoms with van der Waals surface area (Å²) in [6.07, 6.45) is 3.14. The maximum atomic E-state index is 6.09. The van der Waals surface area contributed by atoms with E-state index in [4.69, 9.17) is 5.73 Å². The fraction of sp³-hybridized carbons (Fsp3) is 0.438. The van der Waals surface area contributed by atoms with Crippen molar-refractivity contribution in [3.63, 3.8) is 0 Å². The number of fused-ring (bicyclic) bond motifs is 1. The molecule has 0 spiro atoms. The van der Waals surface area contributed by atoms with E-state index >= 15 is 0 Å². The lowest BCUT2D eigenvalue weighted by Gasteiger charge is -2.29. The Morgan fingerprint density at radius 2 is 2.15 bits per heavy atom. The van der Waals surface area contributed by atoms with Crippen LogP contribution in [0, 0.1) is 0 Å². The van der Waals surface area contributed by atoms with Crippen molar-refractivity contribution in [1.29, 1.82) is 0 Å². The second kappa shape index (κ2) is 5.29. The number of rotatable bonds is 3. The van der Waals surface area contributed by atoms with Gasteiger partial charge in [0, 0.05) is 37.6 Å². The third-order valence-corrected chi connectivity index (χ3v) is 3.97. The van der Waals surface area contributed by atoms with Crippen LogP contribution in [0.5, 0.6) is 0 Å². The minimum Gasteiger partial charge on any atom is -0.398 e. The van der Waals surface area contributed by atoms with Crippen molar-refractivity contribution in [3.05, 3.63) is 47.3 Å². The molecule has 4 nitrogen and oxygen atoms in total. The van der Waals surface area contributed by atoms with Gasteiger partial charge in [-0.3, -0.25) is 9.58 Å². The molecule has 0 atom stereocenters. The van der Waals surface area contributed by atoms with Crippen LogP contribution in [0.1, 0.15) is 36.7 Å². The Morgan fingerprint density at radius 3 is 2.90 bits per heavy atom. The summed E-state index contributed by atoms with van der Waals surface area (Å²) in [5, 5.41) is 4.63. The zero-order chi connectivity index (χ0) is 14.1. The van der Waals surface area contributed by atoms with Crippen molar-refractivity contribution >= 4 is 5.69 Å². The highest BCUT2D eigenvalue weighted by molar-refractivity contribution is 5.51. The Morgan fingerprint density at radius 1 is 1.30 bits per heavy atom. The fourth-order valence-corrected chi connectivity index (χ4v) is 2.78. The Hall–Kier alpha value is -1.81. The van der Waals surface area contributed by atoms with Crippen molar-refractivity contribution in [2.24, 2.45) is 0 Å². The topological polar surface area (TPSA) is 47.1 Å². The van der Waals surface area contributed by atoms with Gasteiger partial charge in [0.25, 0.3) is 0 Å². The first-order valence-electron chi connectivity index (χ1n) is 7.26. The van der Waals surface area contributed by atoms with Crippen LogP contribution in [0.4, 0.5) is 5.69 Å². The SMILES string of the molecule is CC(C)n1ccc(CN2CCc3cccc(N)c3C2)n1. The van der Waals surface area contributed by atoms with Crippen LogP contribution < -0.4 is 5.73 Å². The van der Waals surface area contributed by atoms with E-state index < -0.39 is 0 Å². The first kappa shape index (κ1) is 13.2. The number of anilines is 1. The Bertz CT molecular complexity index is 600. The van der Waals surface area contributed by atoms with Gasteiger partial charge in [0.1, 0.15) is 0 Å². The normalized spacial score (nSPS) is 15.6. The van der Waals surface area contributed by atoms with Crippen molar-refractivity contribution in [2.45, 2.75) is 39.4 Å². The second-order valence-electron chi connectivity index (χ2n) is 5.83. The van der Waals surface area contributed by atoms with Gasteiger partial charge in [0.2, 0.25) is 0 Å². The van der Waals surface area contributed by atoms with Crippen molar-refractivity contribution in [2.75, 3.05) is 12.3 Å². The number of nitrogens with two attached hydrogens (primary N) is 1. The van der Waals surface area contributed by atoms with Crippen LogP contribution in [0.15, 0.2) is 30.5 Å². The Balaban J connectivity index is 1.72. The average molecular weight is 270 g/mol. The smallest absolute Gasteiger partial charge is 0.0765 e. The Labute approximate surface area is 120 Å². The first-order chi connectivity index (χ1) is 9.63. The summed E-state index contributed by atoms with van der Waals surface area (Å²) in [5.74, 6) is 0. The lowest BCUT2D eigenvalue weighted by atomic mass is 9.98. The van der Waals surface area contributed by atoms with Gasteiger partial charge < -0.3 is 5.73 Å². The number of aromatic nitrogens is 2. The molecular formula is C16H22N4. The summed E-state index contributed by atoms with van der Waals surface area (Å²) in [6.45, 7) is 7.19. The highest BCUT2D eigenvalue weighted by Gasteiger charge is 2.18. The van der Waals surface area contributed by atoms with Crippen molar-refractivity contribution in [1.82, 2.24) is 14.7 Å². The molecule has 1 aromatic heterocycles. The number of hydrogen-bond acceptors (Lipinski definition) is 3. The minimum atomic E-state index is 0.418. The van der Waals surface area contributed by atoms with E-state index in [0.29, 0.717) is 6.04 Å². The predicted octanol–water partition coefficient (Wildman–Crippen LogP) is 2.60. The first-order valence-corrected chi connectivity index (χ1v) is 7.26. The molecule has 0 bridgehead atoms. The molecule has 1 aliphatic rings. The molecule has 1 aromatic carbocycles. The van der Waals surface area contributed by atoms with Crippen LogP contribution in [-0.2, 0) is 19.5 Å². The molecule has 2 heterocycles. The lowest BCUT2D eigenvalue weighted by molar-refractivity contribution is 0.242. The lowest BCUT2D eigenvalue weighted by Crippen LogP contribution is -2.30. The van der Waals surface area contributed by atoms with Crippen LogP contribution in [0.3, 0.4) is 0 Å². The fourth-order valence-electron chi connectivity index (χ4n) is 2.78. The number of hydrogen-bond donors (Lipinski definition) is 1. The molecule has 1 aliphatic heterocycles. The quantitative estimate of drug-likeness (QED) is 0.872. The molecule has 4 heteroatoms. The molecule has 0 amide bonds. The molecule has 0 fully saturated rings. The van der Waals surface area contributed by atoms with E-state index in [1.54, 1.807) is 0 Å². The highest BCUT2D eigenvalue weighted by Crippen LogP contribution is 2.25. The van der Waals surface area contributed by atoms with E-state index in [2.05, 4.69) is 42.2 Å². The molecular weight excluding hydrogens is 248 g/mol.